The lowest BCUT2D eigenvalue weighted by atomic mass is 10.1. The Morgan fingerprint density at radius 3 is 2.46 bits per heavy atom. The second-order valence-corrected chi connectivity index (χ2v) is 10.4. The molecule has 3 heterocycles. The molecule has 0 saturated carbocycles. The molecule has 0 radical (unpaired) electrons. The molecule has 35 heavy (non-hydrogen) atoms. The van der Waals surface area contributed by atoms with Gasteiger partial charge in [-0.1, -0.05) is 22.9 Å². The summed E-state index contributed by atoms with van der Waals surface area (Å²) >= 11 is 3.27. The molecule has 0 atom stereocenters. The number of halogens is 2. The van der Waals surface area contributed by atoms with Gasteiger partial charge in [0.15, 0.2) is 5.65 Å². The van der Waals surface area contributed by atoms with Crippen LogP contribution in [0, 0.1) is 5.82 Å². The Labute approximate surface area is 212 Å². The highest BCUT2D eigenvalue weighted by molar-refractivity contribution is 9.10. The highest BCUT2D eigenvalue weighted by Gasteiger charge is 2.32. The van der Waals surface area contributed by atoms with Crippen LogP contribution in [0.2, 0.25) is 0 Å². The van der Waals surface area contributed by atoms with Crippen LogP contribution in [0.1, 0.15) is 63.1 Å². The molecule has 0 bridgehead atoms. The van der Waals surface area contributed by atoms with Crippen molar-refractivity contribution < 1.29 is 18.7 Å². The maximum atomic E-state index is 14.6. The molecule has 4 rings (SSSR count). The average molecular weight is 546 g/mol. The Balaban J connectivity index is 1.72. The van der Waals surface area contributed by atoms with Crippen molar-refractivity contribution in [3.63, 3.8) is 0 Å². The van der Waals surface area contributed by atoms with Crippen LogP contribution >= 0.6 is 15.9 Å². The molecule has 1 saturated heterocycles. The van der Waals surface area contributed by atoms with E-state index in [4.69, 9.17) is 4.74 Å². The van der Waals surface area contributed by atoms with Gasteiger partial charge in [-0.2, -0.15) is 5.10 Å². The van der Waals surface area contributed by atoms with Gasteiger partial charge in [0.2, 0.25) is 0 Å². The fourth-order valence-electron chi connectivity index (χ4n) is 4.02. The molecule has 1 aromatic carbocycles. The van der Waals surface area contributed by atoms with E-state index < -0.39 is 17.5 Å². The lowest BCUT2D eigenvalue weighted by Gasteiger charge is -2.34. The molecule has 1 aliphatic rings. The summed E-state index contributed by atoms with van der Waals surface area (Å²) in [5.41, 5.74) is 1.47. The first-order valence-electron chi connectivity index (χ1n) is 11.7. The van der Waals surface area contributed by atoms with Crippen LogP contribution in [0.4, 0.5) is 9.18 Å². The normalized spacial score (nSPS) is 14.8. The second-order valence-electron chi connectivity index (χ2n) is 9.50. The summed E-state index contributed by atoms with van der Waals surface area (Å²) in [6.45, 7) is 8.11. The molecule has 1 aliphatic heterocycles. The van der Waals surface area contributed by atoms with E-state index >= 15 is 0 Å². The minimum absolute atomic E-state index is 0.201. The number of aromatic nitrogens is 3. The average Bonchev–Trinajstić information content (AvgIpc) is 3.05. The topological polar surface area (TPSA) is 80.0 Å². The highest BCUT2D eigenvalue weighted by Crippen LogP contribution is 2.26. The fourth-order valence-corrected chi connectivity index (χ4v) is 4.35. The minimum atomic E-state index is -0.680. The first-order valence-corrected chi connectivity index (χ1v) is 12.5. The zero-order chi connectivity index (χ0) is 25.3. The van der Waals surface area contributed by atoms with Crippen molar-refractivity contribution in [3.05, 3.63) is 52.0 Å². The second kappa shape index (κ2) is 9.93. The summed E-state index contributed by atoms with van der Waals surface area (Å²) in [6.07, 6.45) is 2.48. The standard InChI is InChI=1S/C25H29BrFN5O3/c1-5-17-14-21(23(33)30-11-7-6-8-12-31(30)24(34)35-25(2,3)4)28-22-15-20(29-32(17)22)18-10-9-16(26)13-19(18)27/h9-10,13-15H,5-8,11-12H2,1-4H3. The Morgan fingerprint density at radius 2 is 1.80 bits per heavy atom. The van der Waals surface area contributed by atoms with Gasteiger partial charge in [0.1, 0.15) is 17.1 Å². The van der Waals surface area contributed by atoms with E-state index in [1.54, 1.807) is 49.6 Å². The number of amides is 2. The Bertz CT molecular complexity index is 1270. The molecule has 0 spiro atoms. The molecule has 1 fully saturated rings. The van der Waals surface area contributed by atoms with Crippen molar-refractivity contribution in [2.45, 2.75) is 59.0 Å². The Kier molecular flexibility index (Phi) is 7.12. The van der Waals surface area contributed by atoms with Crippen molar-refractivity contribution in [1.29, 1.82) is 0 Å². The summed E-state index contributed by atoms with van der Waals surface area (Å²) in [7, 11) is 0. The van der Waals surface area contributed by atoms with Crippen molar-refractivity contribution in [2.75, 3.05) is 13.1 Å². The summed E-state index contributed by atoms with van der Waals surface area (Å²) < 4.78 is 22.4. The van der Waals surface area contributed by atoms with E-state index in [1.807, 2.05) is 6.92 Å². The molecule has 8 nitrogen and oxygen atoms in total. The number of carbonyl (C=O) groups is 2. The fraction of sp³-hybridized carbons (Fsp3) is 0.440. The van der Waals surface area contributed by atoms with Crippen LogP contribution in [0.15, 0.2) is 34.8 Å². The van der Waals surface area contributed by atoms with Gasteiger partial charge < -0.3 is 4.74 Å². The molecule has 10 heteroatoms. The third-order valence-electron chi connectivity index (χ3n) is 5.66. The van der Waals surface area contributed by atoms with Gasteiger partial charge in [0.05, 0.1) is 5.69 Å². The SMILES string of the molecule is CCc1cc(C(=O)N2CCCCCN2C(=O)OC(C)(C)C)nc2cc(-c3ccc(Br)cc3F)nn12. The van der Waals surface area contributed by atoms with Gasteiger partial charge in [-0.3, -0.25) is 4.79 Å². The first-order chi connectivity index (χ1) is 16.6. The molecule has 186 valence electrons. The number of carbonyl (C=O) groups excluding carboxylic acids is 2. The van der Waals surface area contributed by atoms with Gasteiger partial charge in [-0.05, 0) is 70.7 Å². The van der Waals surface area contributed by atoms with E-state index in [9.17, 15) is 14.0 Å². The first kappa shape index (κ1) is 25.1. The van der Waals surface area contributed by atoms with Crippen LogP contribution < -0.4 is 0 Å². The number of fused-ring (bicyclic) bond motifs is 1. The van der Waals surface area contributed by atoms with Crippen LogP contribution in [0.5, 0.6) is 0 Å². The number of nitrogens with zero attached hydrogens (tertiary/aromatic N) is 5. The Hall–Kier alpha value is -3.01. The maximum absolute atomic E-state index is 14.6. The predicted molar refractivity (Wildman–Crippen MR) is 133 cm³/mol. The monoisotopic (exact) mass is 545 g/mol. The largest absolute Gasteiger partial charge is 0.442 e. The van der Waals surface area contributed by atoms with Gasteiger partial charge in [-0.25, -0.2) is 28.7 Å². The number of rotatable bonds is 3. The molecular weight excluding hydrogens is 517 g/mol. The number of aryl methyl sites for hydroxylation is 1. The molecule has 2 aromatic heterocycles. The van der Waals surface area contributed by atoms with E-state index in [1.165, 1.54) is 16.1 Å². The highest BCUT2D eigenvalue weighted by atomic mass is 79.9. The van der Waals surface area contributed by atoms with Crippen molar-refractivity contribution >= 4 is 33.6 Å². The maximum Gasteiger partial charge on any atom is 0.429 e. The number of hydrazine groups is 1. The van der Waals surface area contributed by atoms with Crippen molar-refractivity contribution in [1.82, 2.24) is 24.6 Å². The van der Waals surface area contributed by atoms with E-state index in [-0.39, 0.29) is 11.6 Å². The zero-order valence-electron chi connectivity index (χ0n) is 20.3. The lowest BCUT2D eigenvalue weighted by Crippen LogP contribution is -2.51. The number of hydrogen-bond donors (Lipinski definition) is 0. The number of hydrogen-bond acceptors (Lipinski definition) is 5. The van der Waals surface area contributed by atoms with Crippen LogP contribution in [-0.2, 0) is 11.2 Å². The third kappa shape index (κ3) is 5.47. The molecule has 0 N–H and O–H groups in total. The molecule has 2 amide bonds. The summed E-state index contributed by atoms with van der Waals surface area (Å²) in [5.74, 6) is -0.790. The summed E-state index contributed by atoms with van der Waals surface area (Å²) in [6, 6.07) is 8.12. The van der Waals surface area contributed by atoms with Gasteiger partial charge in [-0.15, -0.1) is 0 Å². The minimum Gasteiger partial charge on any atom is -0.442 e. The number of benzene rings is 1. The van der Waals surface area contributed by atoms with Gasteiger partial charge in [0, 0.05) is 34.9 Å². The quantitative estimate of drug-likeness (QED) is 0.425. The van der Waals surface area contributed by atoms with Crippen LogP contribution in [-0.4, -0.2) is 55.3 Å². The van der Waals surface area contributed by atoms with E-state index in [2.05, 4.69) is 26.0 Å². The van der Waals surface area contributed by atoms with E-state index in [0.29, 0.717) is 40.9 Å². The molecule has 3 aromatic rings. The molecule has 0 unspecified atom stereocenters. The predicted octanol–water partition coefficient (Wildman–Crippen LogP) is 5.64. The lowest BCUT2D eigenvalue weighted by molar-refractivity contribution is -0.0354. The zero-order valence-corrected chi connectivity index (χ0v) is 21.9. The van der Waals surface area contributed by atoms with Crippen LogP contribution in [0.25, 0.3) is 16.9 Å². The molecule has 0 aliphatic carbocycles. The third-order valence-corrected chi connectivity index (χ3v) is 6.15. The van der Waals surface area contributed by atoms with Gasteiger partial charge >= 0.3 is 6.09 Å². The summed E-state index contributed by atoms with van der Waals surface area (Å²) in [5, 5.41) is 7.37. The van der Waals surface area contributed by atoms with Gasteiger partial charge in [0.25, 0.3) is 5.91 Å². The van der Waals surface area contributed by atoms with Crippen molar-refractivity contribution in [3.8, 4) is 11.3 Å². The molecular formula is C25H29BrFN5O3. The number of ether oxygens (including phenoxy) is 1. The van der Waals surface area contributed by atoms with Crippen molar-refractivity contribution in [2.24, 2.45) is 0 Å². The summed E-state index contributed by atoms with van der Waals surface area (Å²) in [4.78, 5) is 31.1. The smallest absolute Gasteiger partial charge is 0.429 e. The van der Waals surface area contributed by atoms with E-state index in [0.717, 1.165) is 25.0 Å². The van der Waals surface area contributed by atoms with Crippen LogP contribution in [0.3, 0.4) is 0 Å². The Morgan fingerprint density at radius 1 is 1.09 bits per heavy atom.